The lowest BCUT2D eigenvalue weighted by atomic mass is 9.90. The second-order valence-corrected chi connectivity index (χ2v) is 30.3. The topological polar surface area (TPSA) is 387 Å². The van der Waals surface area contributed by atoms with Crippen LogP contribution in [-0.4, -0.2) is 198 Å². The lowest BCUT2D eigenvalue weighted by Crippen LogP contribution is -2.53. The predicted octanol–water partition coefficient (Wildman–Crippen LogP) is 8.49. The summed E-state index contributed by atoms with van der Waals surface area (Å²) >= 11 is 0. The van der Waals surface area contributed by atoms with Crippen molar-refractivity contribution in [1.29, 1.82) is 0 Å². The van der Waals surface area contributed by atoms with Crippen LogP contribution in [0.2, 0.25) is 0 Å². The molecule has 10 N–H and O–H groups in total. The van der Waals surface area contributed by atoms with Gasteiger partial charge in [0.25, 0.3) is 0 Å². The number of benzene rings is 8. The molecule has 116 heavy (non-hydrogen) atoms. The van der Waals surface area contributed by atoms with E-state index in [2.05, 4.69) is 21.3 Å². The monoisotopic (exact) mass is 1580 g/mol. The number of nitrogens with one attached hydrogen (secondary N) is 4. The normalized spacial score (nSPS) is 17.9. The van der Waals surface area contributed by atoms with E-state index in [-0.39, 0.29) is 109 Å². The van der Waals surface area contributed by atoms with Gasteiger partial charge in [0.05, 0.1) is 38.1 Å². The highest BCUT2D eigenvalue weighted by atomic mass is 16.3. The second kappa shape index (κ2) is 39.6. The van der Waals surface area contributed by atoms with Crippen LogP contribution in [0, 0.1) is 11.8 Å². The van der Waals surface area contributed by atoms with Crippen LogP contribution in [0.15, 0.2) is 170 Å². The number of aromatic hydroxyl groups is 4. The van der Waals surface area contributed by atoms with Crippen LogP contribution in [0.5, 0.6) is 23.0 Å². The molecule has 26 nitrogen and oxygen atoms in total. The highest BCUT2D eigenvalue weighted by Gasteiger charge is 2.37. The van der Waals surface area contributed by atoms with Crippen molar-refractivity contribution in [2.24, 2.45) is 11.8 Å². The molecule has 0 aromatic heterocycles. The maximum absolute atomic E-state index is 14.0. The Labute approximate surface area is 673 Å². The van der Waals surface area contributed by atoms with Gasteiger partial charge in [0.1, 0.15) is 47.2 Å². The summed E-state index contributed by atoms with van der Waals surface area (Å²) in [5.74, 6) is -8.02. The number of ketones is 4. The van der Waals surface area contributed by atoms with Gasteiger partial charge < -0.3 is 71.5 Å². The largest absolute Gasteiger partial charge is 0.507 e. The van der Waals surface area contributed by atoms with Gasteiger partial charge in [0.15, 0.2) is 23.1 Å². The van der Waals surface area contributed by atoms with Crippen molar-refractivity contribution in [1.82, 2.24) is 40.9 Å². The molecule has 2 heterocycles. The fourth-order valence-electron chi connectivity index (χ4n) is 14.4. The third-order valence-electron chi connectivity index (χ3n) is 21.4. The zero-order chi connectivity index (χ0) is 84.5. The average Bonchev–Trinajstić information content (AvgIpc) is 0.787. The van der Waals surface area contributed by atoms with Crippen molar-refractivity contribution < 1.29 is 88.2 Å². The number of phenolic OH excluding ortho intramolecular Hbond substituents is 4. The van der Waals surface area contributed by atoms with E-state index in [4.69, 9.17) is 0 Å². The zero-order valence-electron chi connectivity index (χ0n) is 66.8. The first-order valence-corrected chi connectivity index (χ1v) is 38.6. The molecule has 0 saturated heterocycles. The SMILES string of the molecule is C[C@@H]1Cc2ccc(O)c(c2)-c2cc(ccc2O)[C@H](N(C)C(=O)CCC(=O)[C@@H](C)NC(=O)[C@@H](CO)N(C)C(=O)Cc2ccc(-c3ccccc3)cc2)C(=O)C[C@@H](C)C(=O)N1.C[C@@H]1Cc2ccc(O)c(c2)-c2cc(ccc2O)[C@H](N(C)C(=O)CCC(=O)[C@@H](C)NC(=O)[C@@H](CO)N(C)C(=O)Cc2ccc3ccccc3c2)C(=O)C[C@@H](C)C(=O)N1. The smallest absolute Gasteiger partial charge is 0.245 e. The van der Waals surface area contributed by atoms with Crippen LogP contribution in [0.1, 0.15) is 126 Å². The molecule has 8 aromatic carbocycles. The number of amides is 8. The first-order chi connectivity index (χ1) is 55.1. The summed E-state index contributed by atoms with van der Waals surface area (Å²) in [5, 5.41) is 76.4. The molecule has 2 aliphatic heterocycles. The van der Waals surface area contributed by atoms with E-state index < -0.39 is 120 Å². The highest BCUT2D eigenvalue weighted by molar-refractivity contribution is 5.99. The molecule has 10 rings (SSSR count). The lowest BCUT2D eigenvalue weighted by molar-refractivity contribution is -0.141. The second-order valence-electron chi connectivity index (χ2n) is 30.3. The van der Waals surface area contributed by atoms with Crippen LogP contribution in [0.3, 0.4) is 0 Å². The Kier molecular flexibility index (Phi) is 29.9. The number of rotatable bonds is 23. The molecule has 0 fully saturated rings. The van der Waals surface area contributed by atoms with Gasteiger partial charge in [-0.05, 0) is 144 Å². The lowest BCUT2D eigenvalue weighted by Gasteiger charge is -2.30. The molecule has 8 bridgehead atoms. The highest BCUT2D eigenvalue weighted by Crippen LogP contribution is 2.42. The summed E-state index contributed by atoms with van der Waals surface area (Å²) in [6.45, 7) is 8.40. The number of likely N-dealkylation sites (N-methyl/N-ethyl adjacent to an activating group) is 4. The van der Waals surface area contributed by atoms with Crippen molar-refractivity contribution in [2.45, 2.75) is 154 Å². The standard InChI is InChI=1S/C46H52N4O9.C44H50N4O9/c1-27-21-41(55)44(34-16-18-40(54)36(25-34)35-23-31(13-17-39(35)53)22-28(2)47-45(27)58)50(5)42(56)20-19-38(52)29(3)48-46(59)37(26-51)49(4)43(57)24-30-11-14-33(15-12-30)32-9-7-6-8-10-32;1-25-18-39(53)42(32-13-15-38(52)34(23-32)33-21-28(11-14-37(33)51)19-26(2)45-43(25)56)48(5)40(54)17-16-36(50)27(3)46-44(57)35(24-49)47(4)41(55)22-29-10-12-30-8-6-7-9-31(30)20-29/h6-18,23,25,27-29,37,44,51,53-54H,19-22,24,26H2,1-5H3,(H,47,58)(H,48,59);6-15,20-21,23,25-27,35,42,49,51-52H,16-19,22,24H2,1-5H3,(H,45,56)(H,46,57)/t27-,28-,29-,37-,44+;25-,26-,27-,35-,42+/m11/s1. The Morgan fingerprint density at radius 3 is 1.21 bits per heavy atom. The maximum atomic E-state index is 14.0. The van der Waals surface area contributed by atoms with Crippen molar-refractivity contribution in [3.05, 3.63) is 203 Å². The zero-order valence-corrected chi connectivity index (χ0v) is 66.8. The molecule has 26 heteroatoms. The molecule has 2 aliphatic rings. The quantitative estimate of drug-likeness (QED) is 0.0287. The van der Waals surface area contributed by atoms with E-state index in [1.54, 1.807) is 38.1 Å². The number of aliphatic hydroxyl groups is 2. The summed E-state index contributed by atoms with van der Waals surface area (Å²) < 4.78 is 0. The Balaban J connectivity index is 0.000000265. The van der Waals surface area contributed by atoms with E-state index in [0.717, 1.165) is 54.0 Å². The Morgan fingerprint density at radius 1 is 0.414 bits per heavy atom. The minimum Gasteiger partial charge on any atom is -0.507 e. The number of nitrogens with zero attached hydrogens (tertiary/aromatic N) is 4. The molecular weight excluding hydrogens is 1480 g/mol. The Morgan fingerprint density at radius 2 is 0.784 bits per heavy atom. The maximum Gasteiger partial charge on any atom is 0.245 e. The van der Waals surface area contributed by atoms with E-state index in [0.29, 0.717) is 35.1 Å². The Hall–Kier alpha value is -12.4. The van der Waals surface area contributed by atoms with Crippen LogP contribution in [0.4, 0.5) is 0 Å². The molecule has 10 atom stereocenters. The van der Waals surface area contributed by atoms with Crippen molar-refractivity contribution in [3.8, 4) is 56.4 Å². The van der Waals surface area contributed by atoms with Gasteiger partial charge in [0, 0.05) is 113 Å². The third kappa shape index (κ3) is 22.1. The number of phenols is 4. The summed E-state index contributed by atoms with van der Waals surface area (Å²) in [6.07, 6.45) is -0.830. The van der Waals surface area contributed by atoms with E-state index >= 15 is 0 Å². The van der Waals surface area contributed by atoms with Gasteiger partial charge in [-0.3, -0.25) is 57.5 Å². The number of carbonyl (C=O) groups is 12. The molecule has 0 spiro atoms. The van der Waals surface area contributed by atoms with Crippen LogP contribution in [0.25, 0.3) is 44.2 Å². The minimum absolute atomic E-state index is 0.00878. The minimum atomic E-state index is -1.28. The molecule has 610 valence electrons. The molecule has 0 saturated carbocycles. The van der Waals surface area contributed by atoms with Gasteiger partial charge >= 0.3 is 0 Å². The number of hydrogen-bond acceptors (Lipinski definition) is 18. The number of Topliss-reactive ketones (excluding diaryl/α,β-unsaturated/α-hetero) is 4. The molecule has 8 amide bonds. The summed E-state index contributed by atoms with van der Waals surface area (Å²) in [6, 6.07) is 41.5. The van der Waals surface area contributed by atoms with Gasteiger partial charge in [-0.2, -0.15) is 0 Å². The summed E-state index contributed by atoms with van der Waals surface area (Å²) in [4.78, 5) is 165. The van der Waals surface area contributed by atoms with Gasteiger partial charge in [0.2, 0.25) is 47.3 Å². The first-order valence-electron chi connectivity index (χ1n) is 38.6. The van der Waals surface area contributed by atoms with Gasteiger partial charge in [-0.1, -0.05) is 135 Å². The number of aliphatic hydroxyl groups excluding tert-OH is 2. The molecule has 0 radical (unpaired) electrons. The first kappa shape index (κ1) is 87.5. The number of hydrogen-bond donors (Lipinski definition) is 10. The van der Waals surface area contributed by atoms with Crippen LogP contribution < -0.4 is 21.3 Å². The van der Waals surface area contributed by atoms with E-state index in [9.17, 15) is 88.2 Å². The van der Waals surface area contributed by atoms with Crippen LogP contribution >= 0.6 is 0 Å². The van der Waals surface area contributed by atoms with Gasteiger partial charge in [-0.15, -0.1) is 0 Å². The Bertz CT molecular complexity index is 4990. The molecule has 8 aromatic rings. The van der Waals surface area contributed by atoms with E-state index in [1.807, 2.05) is 111 Å². The summed E-state index contributed by atoms with van der Waals surface area (Å²) in [7, 11) is 5.64. The summed E-state index contributed by atoms with van der Waals surface area (Å²) in [5.41, 5.74) is 6.81. The van der Waals surface area contributed by atoms with E-state index in [1.165, 1.54) is 100 Å². The van der Waals surface area contributed by atoms with Crippen molar-refractivity contribution in [3.63, 3.8) is 0 Å². The molecule has 0 aliphatic carbocycles. The average molecular weight is 1580 g/mol. The molecule has 0 unspecified atom stereocenters. The van der Waals surface area contributed by atoms with Crippen LogP contribution in [-0.2, 0) is 83.2 Å². The fourth-order valence-corrected chi connectivity index (χ4v) is 14.4. The third-order valence-corrected chi connectivity index (χ3v) is 21.4. The fraction of sp³-hybridized carbons (Fsp3) is 0.356. The molecular formula is C90H102N8O18. The van der Waals surface area contributed by atoms with Crippen molar-refractivity contribution >= 4 is 81.2 Å². The number of carbonyl (C=O) groups excluding carboxylic acids is 12. The number of fused-ring (bicyclic) bond motifs is 11. The van der Waals surface area contributed by atoms with Gasteiger partial charge in [-0.25, -0.2) is 0 Å². The van der Waals surface area contributed by atoms with Crippen molar-refractivity contribution in [2.75, 3.05) is 41.4 Å². The predicted molar refractivity (Wildman–Crippen MR) is 436 cm³/mol.